The Morgan fingerprint density at radius 1 is 1.12 bits per heavy atom. The average molecular weight is 543 g/mol. The number of ether oxygens (including phenoxy) is 1. The van der Waals surface area contributed by atoms with E-state index in [9.17, 15) is 9.59 Å². The lowest BCUT2D eigenvalue weighted by atomic mass is 9.76. The number of methoxy groups -OCH3 is 1. The molecule has 4 unspecified atom stereocenters. The largest absolute Gasteiger partial charge is 0.468 e. The molecule has 1 aromatic heterocycles. The molecule has 0 aromatic carbocycles. The van der Waals surface area contributed by atoms with Gasteiger partial charge in [0.1, 0.15) is 5.92 Å². The summed E-state index contributed by atoms with van der Waals surface area (Å²) in [6.45, 7) is 13.2. The van der Waals surface area contributed by atoms with Crippen molar-refractivity contribution in [1.82, 2.24) is 10.3 Å². The molecule has 40 heavy (non-hydrogen) atoms. The van der Waals surface area contributed by atoms with Crippen LogP contribution in [0.2, 0.25) is 0 Å². The van der Waals surface area contributed by atoms with Crippen molar-refractivity contribution in [1.29, 1.82) is 0 Å². The van der Waals surface area contributed by atoms with Crippen LogP contribution in [-0.4, -0.2) is 47.4 Å². The molecule has 0 spiro atoms. The second kappa shape index (κ2) is 10.0. The standard InChI is InChI=1S/C33H42N4O3/c1-8-19-15(3)22-12-24-17(5)21-10-11-28(38)30(31(21)36-24)32-29(33(39)40-7)18(6)25(37-32)14-27-20(9-2)16(4)23(35-27)13-26(19)34-22/h13,17-18,21,24-25,29,35-36H,8-12,14H2,1-7H3/t17-,18?,21-,24?,25?,29?/m0/s1. The Bertz CT molecular complexity index is 1450. The molecule has 1 saturated heterocycles. The summed E-state index contributed by atoms with van der Waals surface area (Å²) in [5.74, 6) is -0.256. The monoisotopic (exact) mass is 542 g/mol. The number of carbonyl (C=O) groups is 2. The zero-order valence-corrected chi connectivity index (χ0v) is 24.9. The third kappa shape index (κ3) is 3.99. The first kappa shape index (κ1) is 27.0. The van der Waals surface area contributed by atoms with Crippen LogP contribution in [0.15, 0.2) is 38.1 Å². The van der Waals surface area contributed by atoms with Gasteiger partial charge >= 0.3 is 5.97 Å². The maximum Gasteiger partial charge on any atom is 0.315 e. The minimum Gasteiger partial charge on any atom is -0.468 e. The number of nitrogens with zero attached hydrogens (tertiary/aromatic N) is 2. The van der Waals surface area contributed by atoms with Gasteiger partial charge in [0.15, 0.2) is 5.78 Å². The second-order valence-corrected chi connectivity index (χ2v) is 12.3. The summed E-state index contributed by atoms with van der Waals surface area (Å²) < 4.78 is 5.30. The average Bonchev–Trinajstić information content (AvgIpc) is 3.61. The highest BCUT2D eigenvalue weighted by atomic mass is 16.5. The van der Waals surface area contributed by atoms with Gasteiger partial charge in [0.05, 0.1) is 30.1 Å². The van der Waals surface area contributed by atoms with Crippen molar-refractivity contribution >= 4 is 29.3 Å². The first-order valence-electron chi connectivity index (χ1n) is 15.1. The van der Waals surface area contributed by atoms with Gasteiger partial charge in [0.25, 0.3) is 0 Å². The maximum absolute atomic E-state index is 13.6. The number of nitrogens with one attached hydrogen (secondary N) is 2. The molecule has 0 saturated carbocycles. The van der Waals surface area contributed by atoms with Gasteiger partial charge < -0.3 is 15.0 Å². The van der Waals surface area contributed by atoms with Crippen LogP contribution in [0.5, 0.6) is 0 Å². The van der Waals surface area contributed by atoms with Crippen molar-refractivity contribution < 1.29 is 14.3 Å². The molecular formula is C33H42N4O3. The molecule has 212 valence electrons. The molecule has 5 aliphatic rings. The number of aliphatic imine (C=N–C) groups is 2. The molecule has 7 heteroatoms. The van der Waals surface area contributed by atoms with Crippen molar-refractivity contribution in [2.75, 3.05) is 7.11 Å². The van der Waals surface area contributed by atoms with E-state index in [1.165, 1.54) is 29.4 Å². The number of aromatic amines is 1. The van der Waals surface area contributed by atoms with Crippen molar-refractivity contribution in [3.05, 3.63) is 50.6 Å². The van der Waals surface area contributed by atoms with Gasteiger partial charge in [-0.2, -0.15) is 0 Å². The molecule has 1 aliphatic carbocycles. The van der Waals surface area contributed by atoms with E-state index in [0.717, 1.165) is 54.2 Å². The van der Waals surface area contributed by atoms with Crippen molar-refractivity contribution in [2.24, 2.45) is 33.7 Å². The molecule has 5 heterocycles. The summed E-state index contributed by atoms with van der Waals surface area (Å²) in [4.78, 5) is 41.0. The summed E-state index contributed by atoms with van der Waals surface area (Å²) in [7, 11) is 1.43. The van der Waals surface area contributed by atoms with Gasteiger partial charge in [-0.15, -0.1) is 0 Å². The molecule has 4 aliphatic heterocycles. The molecular weight excluding hydrogens is 500 g/mol. The van der Waals surface area contributed by atoms with Gasteiger partial charge in [-0.05, 0) is 73.3 Å². The SMILES string of the molecule is CCC1=C(C)C2=NC1=Cc1[nH]c(c(CC)c1C)CC1N=C(C3=C4NC(C2)[C@@H](C)[C@@H]4CCC3=O)C(C(=O)OC)C1C. The molecule has 1 aromatic rings. The van der Waals surface area contributed by atoms with Crippen LogP contribution in [0.1, 0.15) is 82.8 Å². The fourth-order valence-electron chi connectivity index (χ4n) is 7.98. The number of allylic oxidation sites excluding steroid dienone is 4. The van der Waals surface area contributed by atoms with Gasteiger partial charge in [-0.3, -0.25) is 19.6 Å². The fraction of sp³-hybridized carbons (Fsp3) is 0.576. The summed E-state index contributed by atoms with van der Waals surface area (Å²) in [5.41, 5.74) is 11.8. The third-order valence-electron chi connectivity index (χ3n) is 10.4. The smallest absolute Gasteiger partial charge is 0.315 e. The number of hydrogen-bond donors (Lipinski definition) is 2. The number of hydrogen-bond acceptors (Lipinski definition) is 6. The Morgan fingerprint density at radius 3 is 2.60 bits per heavy atom. The zero-order valence-electron chi connectivity index (χ0n) is 24.9. The lowest BCUT2D eigenvalue weighted by Crippen LogP contribution is -2.36. The number of ketones is 1. The van der Waals surface area contributed by atoms with Crippen molar-refractivity contribution in [3.63, 3.8) is 0 Å². The molecule has 7 nitrogen and oxygen atoms in total. The van der Waals surface area contributed by atoms with E-state index in [1.54, 1.807) is 0 Å². The Kier molecular flexibility index (Phi) is 6.75. The van der Waals surface area contributed by atoms with Gasteiger partial charge in [0.2, 0.25) is 0 Å². The third-order valence-corrected chi connectivity index (χ3v) is 10.4. The number of Topliss-reactive ketones (excluding diaryl/α,β-unsaturated/α-hetero) is 1. The molecule has 0 radical (unpaired) electrons. The van der Waals surface area contributed by atoms with Crippen LogP contribution in [0.25, 0.3) is 6.08 Å². The van der Waals surface area contributed by atoms with E-state index in [0.29, 0.717) is 30.0 Å². The molecule has 6 atom stereocenters. The topological polar surface area (TPSA) is 95.9 Å². The van der Waals surface area contributed by atoms with E-state index in [2.05, 4.69) is 57.9 Å². The van der Waals surface area contributed by atoms with Gasteiger partial charge in [-0.1, -0.05) is 27.7 Å². The summed E-state index contributed by atoms with van der Waals surface area (Å²) in [5, 5.41) is 3.79. The van der Waals surface area contributed by atoms with Crippen LogP contribution in [0.3, 0.4) is 0 Å². The molecule has 8 bridgehead atoms. The predicted molar refractivity (Wildman–Crippen MR) is 158 cm³/mol. The Balaban J connectivity index is 1.57. The van der Waals surface area contributed by atoms with E-state index in [1.807, 2.05) is 0 Å². The van der Waals surface area contributed by atoms with E-state index in [4.69, 9.17) is 14.7 Å². The molecule has 1 fully saturated rings. The first-order chi connectivity index (χ1) is 19.2. The second-order valence-electron chi connectivity index (χ2n) is 12.3. The van der Waals surface area contributed by atoms with E-state index >= 15 is 0 Å². The van der Waals surface area contributed by atoms with Crippen LogP contribution < -0.4 is 5.32 Å². The summed E-state index contributed by atoms with van der Waals surface area (Å²) >= 11 is 0. The first-order valence-corrected chi connectivity index (χ1v) is 15.1. The van der Waals surface area contributed by atoms with Crippen LogP contribution in [-0.2, 0) is 27.2 Å². The number of rotatable bonds is 3. The zero-order chi connectivity index (χ0) is 28.5. The van der Waals surface area contributed by atoms with Gasteiger partial charge in [0, 0.05) is 54.0 Å². The highest BCUT2D eigenvalue weighted by Crippen LogP contribution is 2.45. The van der Waals surface area contributed by atoms with Gasteiger partial charge in [-0.25, -0.2) is 0 Å². The van der Waals surface area contributed by atoms with E-state index in [-0.39, 0.29) is 35.7 Å². The quantitative estimate of drug-likeness (QED) is 0.497. The normalized spacial score (nSPS) is 31.3. The minimum atomic E-state index is -0.549. The van der Waals surface area contributed by atoms with Crippen molar-refractivity contribution in [3.8, 4) is 0 Å². The predicted octanol–water partition coefficient (Wildman–Crippen LogP) is 5.44. The number of aromatic nitrogens is 1. The van der Waals surface area contributed by atoms with E-state index < -0.39 is 5.92 Å². The maximum atomic E-state index is 13.6. The molecule has 6 rings (SSSR count). The fourth-order valence-corrected chi connectivity index (χ4v) is 7.98. The minimum absolute atomic E-state index is 0.0806. The van der Waals surface area contributed by atoms with Crippen LogP contribution >= 0.6 is 0 Å². The molecule has 2 N–H and O–H groups in total. The van der Waals surface area contributed by atoms with Crippen molar-refractivity contribution in [2.45, 2.75) is 92.2 Å². The van der Waals surface area contributed by atoms with Crippen LogP contribution in [0.4, 0.5) is 0 Å². The lowest BCUT2D eigenvalue weighted by Gasteiger charge is -2.26. The Morgan fingerprint density at radius 2 is 1.90 bits per heavy atom. The van der Waals surface area contributed by atoms with Crippen LogP contribution in [0, 0.1) is 30.6 Å². The Labute approximate surface area is 237 Å². The number of esters is 1. The summed E-state index contributed by atoms with van der Waals surface area (Å²) in [6.07, 6.45) is 6.87. The Hall–Kier alpha value is -3.22. The summed E-state index contributed by atoms with van der Waals surface area (Å²) in [6, 6.07) is 0.0356. The lowest BCUT2D eigenvalue weighted by molar-refractivity contribution is -0.144. The highest BCUT2D eigenvalue weighted by molar-refractivity contribution is 6.28. The molecule has 0 amide bonds. The highest BCUT2D eigenvalue weighted by Gasteiger charge is 2.49. The number of fused-ring (bicyclic) bond motifs is 6. The number of H-pyrrole nitrogens is 1. The number of carbonyl (C=O) groups excluding carboxylic acids is 2.